The molecular weight excluding hydrogens is 474 g/mol. The minimum Gasteiger partial charge on any atom is -0.475 e. The largest absolute Gasteiger partial charge is 0.490 e. The van der Waals surface area contributed by atoms with Crippen molar-refractivity contribution < 1.29 is 32.3 Å². The van der Waals surface area contributed by atoms with Crippen LogP contribution in [0, 0.1) is 5.82 Å². The van der Waals surface area contributed by atoms with Gasteiger partial charge in [0.2, 0.25) is 0 Å². The quantitative estimate of drug-likeness (QED) is 0.466. The van der Waals surface area contributed by atoms with E-state index in [4.69, 9.17) is 9.90 Å². The van der Waals surface area contributed by atoms with Gasteiger partial charge in [-0.05, 0) is 72.3 Å². The Morgan fingerprint density at radius 2 is 1.62 bits per heavy atom. The number of thiophene rings is 1. The van der Waals surface area contributed by atoms with Gasteiger partial charge in [-0.3, -0.25) is 4.79 Å². The molecule has 2 aliphatic heterocycles. The lowest BCUT2D eigenvalue weighted by molar-refractivity contribution is -0.192. The van der Waals surface area contributed by atoms with Crippen molar-refractivity contribution in [1.82, 2.24) is 10.6 Å². The van der Waals surface area contributed by atoms with Gasteiger partial charge in [0.05, 0.1) is 4.88 Å². The number of amides is 1. The standard InChI is InChI=1S/C21H22FN3OS.C2HF3O2/c22-19-12-17(1-2-18(19)15-5-9-24-10-6-15)25-21(26)20-11-16(13-27-20)14-3-7-23-8-4-14;3-2(4,5)1(6)7/h1-3,5,11-13,23-24H,4,6-10H2,(H,25,26);(H,6,7). The van der Waals surface area contributed by atoms with E-state index in [2.05, 4.69) is 22.0 Å². The Hall–Kier alpha value is -3.02. The molecule has 0 fully saturated rings. The van der Waals surface area contributed by atoms with Crippen molar-refractivity contribution in [3.05, 3.63) is 63.6 Å². The number of carboxylic acids is 1. The fourth-order valence-electron chi connectivity index (χ4n) is 3.42. The van der Waals surface area contributed by atoms with Crippen molar-refractivity contribution in [2.45, 2.75) is 19.0 Å². The van der Waals surface area contributed by atoms with Gasteiger partial charge in [-0.25, -0.2) is 9.18 Å². The highest BCUT2D eigenvalue weighted by atomic mass is 32.1. The molecule has 0 bridgehead atoms. The summed E-state index contributed by atoms with van der Waals surface area (Å²) >= 11 is 1.42. The molecule has 182 valence electrons. The second-order valence-electron chi connectivity index (χ2n) is 7.52. The van der Waals surface area contributed by atoms with Gasteiger partial charge in [0.1, 0.15) is 5.82 Å². The molecule has 0 aliphatic carbocycles. The number of carboxylic acid groups (broad SMARTS) is 1. The minimum absolute atomic E-state index is 0.200. The summed E-state index contributed by atoms with van der Waals surface area (Å²) in [6.07, 6.45) is 0.876. The van der Waals surface area contributed by atoms with E-state index in [-0.39, 0.29) is 11.7 Å². The van der Waals surface area contributed by atoms with Gasteiger partial charge in [0.25, 0.3) is 5.91 Å². The maximum Gasteiger partial charge on any atom is 0.490 e. The second-order valence-corrected chi connectivity index (χ2v) is 8.43. The number of anilines is 1. The molecule has 4 N–H and O–H groups in total. The zero-order chi connectivity index (χ0) is 24.7. The molecule has 0 radical (unpaired) electrons. The topological polar surface area (TPSA) is 90.5 Å². The van der Waals surface area contributed by atoms with Crippen LogP contribution < -0.4 is 16.0 Å². The highest BCUT2D eigenvalue weighted by Gasteiger charge is 2.38. The molecule has 0 saturated heterocycles. The van der Waals surface area contributed by atoms with E-state index in [1.807, 2.05) is 17.5 Å². The maximum atomic E-state index is 14.5. The summed E-state index contributed by atoms with van der Waals surface area (Å²) in [6, 6.07) is 6.84. The monoisotopic (exact) mass is 497 g/mol. The molecule has 6 nitrogen and oxygen atoms in total. The maximum absolute atomic E-state index is 14.5. The van der Waals surface area contributed by atoms with Crippen molar-refractivity contribution >= 4 is 40.0 Å². The molecule has 1 amide bonds. The van der Waals surface area contributed by atoms with Gasteiger partial charge in [-0.15, -0.1) is 11.3 Å². The number of aliphatic carboxylic acids is 1. The van der Waals surface area contributed by atoms with Crippen molar-refractivity contribution in [2.75, 3.05) is 31.5 Å². The Morgan fingerprint density at radius 1 is 1.00 bits per heavy atom. The molecule has 1 aromatic carbocycles. The number of alkyl halides is 3. The summed E-state index contributed by atoms with van der Waals surface area (Å²) < 4.78 is 46.2. The predicted molar refractivity (Wildman–Crippen MR) is 123 cm³/mol. The SMILES string of the molecule is O=C(Nc1ccc(C2=CCNCC2)c(F)c1)c1cc(C2=CCNCC2)cs1.O=C(O)C(F)(F)F. The summed E-state index contributed by atoms with van der Waals surface area (Å²) in [7, 11) is 0. The van der Waals surface area contributed by atoms with E-state index < -0.39 is 12.1 Å². The molecular formula is C23H23F4N3O3S. The Balaban J connectivity index is 0.000000406. The normalized spacial score (nSPS) is 16.0. The molecule has 0 unspecified atom stereocenters. The van der Waals surface area contributed by atoms with Gasteiger partial charge >= 0.3 is 12.1 Å². The van der Waals surface area contributed by atoms with Crippen molar-refractivity contribution in [3.63, 3.8) is 0 Å². The smallest absolute Gasteiger partial charge is 0.475 e. The lowest BCUT2D eigenvalue weighted by atomic mass is 9.99. The number of carbonyl (C=O) groups excluding carboxylic acids is 1. The average Bonchev–Trinajstić information content (AvgIpc) is 3.31. The van der Waals surface area contributed by atoms with Gasteiger partial charge in [0.15, 0.2) is 0 Å². The number of nitrogens with one attached hydrogen (secondary N) is 3. The molecule has 0 saturated carbocycles. The molecule has 34 heavy (non-hydrogen) atoms. The third-order valence-corrected chi connectivity index (χ3v) is 6.07. The van der Waals surface area contributed by atoms with Crippen molar-refractivity contribution in [2.24, 2.45) is 0 Å². The van der Waals surface area contributed by atoms with E-state index in [1.54, 1.807) is 12.1 Å². The van der Waals surface area contributed by atoms with Crippen LogP contribution in [0.5, 0.6) is 0 Å². The predicted octanol–water partition coefficient (Wildman–Crippen LogP) is 4.53. The first-order chi connectivity index (χ1) is 16.1. The fraction of sp³-hybridized carbons (Fsp3) is 0.304. The lowest BCUT2D eigenvalue weighted by Crippen LogP contribution is -2.21. The molecule has 3 heterocycles. The third kappa shape index (κ3) is 6.99. The van der Waals surface area contributed by atoms with E-state index in [1.165, 1.54) is 23.0 Å². The number of rotatable bonds is 4. The summed E-state index contributed by atoms with van der Waals surface area (Å²) in [5, 5.41) is 18.5. The van der Waals surface area contributed by atoms with Crippen LogP contribution in [0.4, 0.5) is 23.2 Å². The van der Waals surface area contributed by atoms with Crippen LogP contribution in [0.3, 0.4) is 0 Å². The molecule has 4 rings (SSSR count). The summed E-state index contributed by atoms with van der Waals surface area (Å²) in [5.74, 6) is -3.26. The highest BCUT2D eigenvalue weighted by Crippen LogP contribution is 2.28. The lowest BCUT2D eigenvalue weighted by Gasteiger charge is -2.15. The Morgan fingerprint density at radius 3 is 2.15 bits per heavy atom. The number of carbonyl (C=O) groups is 2. The van der Waals surface area contributed by atoms with Crippen LogP contribution in [-0.4, -0.2) is 49.3 Å². The molecule has 1 aromatic heterocycles. The van der Waals surface area contributed by atoms with Crippen molar-refractivity contribution in [3.8, 4) is 0 Å². The number of hydrogen-bond acceptors (Lipinski definition) is 5. The third-order valence-electron chi connectivity index (χ3n) is 5.14. The van der Waals surface area contributed by atoms with Crippen LogP contribution in [0.15, 0.2) is 41.8 Å². The zero-order valence-corrected chi connectivity index (χ0v) is 18.8. The Labute approximate surface area is 197 Å². The fourth-order valence-corrected chi connectivity index (χ4v) is 4.25. The molecule has 11 heteroatoms. The summed E-state index contributed by atoms with van der Waals surface area (Å²) in [6.45, 7) is 3.45. The van der Waals surface area contributed by atoms with Crippen LogP contribution in [0.2, 0.25) is 0 Å². The first-order valence-corrected chi connectivity index (χ1v) is 11.3. The summed E-state index contributed by atoms with van der Waals surface area (Å²) in [5.41, 5.74) is 4.49. The Kier molecular flexibility index (Phi) is 8.59. The summed E-state index contributed by atoms with van der Waals surface area (Å²) in [4.78, 5) is 22.1. The van der Waals surface area contributed by atoms with E-state index in [0.717, 1.165) is 50.2 Å². The average molecular weight is 498 g/mol. The second kappa shape index (κ2) is 11.4. The number of halogens is 4. The Bertz CT molecular complexity index is 1110. The highest BCUT2D eigenvalue weighted by molar-refractivity contribution is 7.12. The van der Waals surface area contributed by atoms with Crippen LogP contribution >= 0.6 is 11.3 Å². The van der Waals surface area contributed by atoms with Crippen LogP contribution in [-0.2, 0) is 4.79 Å². The van der Waals surface area contributed by atoms with E-state index in [0.29, 0.717) is 16.1 Å². The number of hydrogen-bond donors (Lipinski definition) is 4. The van der Waals surface area contributed by atoms with Gasteiger partial charge in [-0.1, -0.05) is 12.2 Å². The van der Waals surface area contributed by atoms with Crippen LogP contribution in [0.1, 0.15) is 33.6 Å². The van der Waals surface area contributed by atoms with Crippen molar-refractivity contribution in [1.29, 1.82) is 0 Å². The zero-order valence-electron chi connectivity index (χ0n) is 18.0. The van der Waals surface area contributed by atoms with E-state index in [9.17, 15) is 22.4 Å². The van der Waals surface area contributed by atoms with Gasteiger partial charge < -0.3 is 21.1 Å². The molecule has 2 aliphatic rings. The first-order valence-electron chi connectivity index (χ1n) is 10.4. The molecule has 0 atom stereocenters. The number of benzene rings is 1. The molecule has 0 spiro atoms. The van der Waals surface area contributed by atoms with Gasteiger partial charge in [0, 0.05) is 24.3 Å². The van der Waals surface area contributed by atoms with Gasteiger partial charge in [-0.2, -0.15) is 13.2 Å². The van der Waals surface area contributed by atoms with Crippen LogP contribution in [0.25, 0.3) is 11.1 Å². The molecule has 2 aromatic rings. The first kappa shape index (κ1) is 25.6. The van der Waals surface area contributed by atoms with E-state index >= 15 is 0 Å². The minimum atomic E-state index is -5.08.